The van der Waals surface area contributed by atoms with Gasteiger partial charge in [0.05, 0.1) is 13.2 Å². The minimum Gasteiger partial charge on any atom is -0.487 e. The summed E-state index contributed by atoms with van der Waals surface area (Å²) < 4.78 is 34.6. The minimum atomic E-state index is -3.99. The number of amides is 2. The fourth-order valence-electron chi connectivity index (χ4n) is 3.80. The third-order valence-electron chi connectivity index (χ3n) is 5.92. The number of benzene rings is 2. The van der Waals surface area contributed by atoms with Crippen molar-refractivity contribution in [2.45, 2.75) is 43.9 Å². The molecule has 0 bridgehead atoms. The number of urea groups is 1. The average molecular weight is 516 g/mol. The Labute approximate surface area is 212 Å². The monoisotopic (exact) mass is 515 g/mol. The Hall–Kier alpha value is -3.10. The van der Waals surface area contributed by atoms with Crippen molar-refractivity contribution < 1.29 is 28.2 Å². The highest BCUT2D eigenvalue weighted by molar-refractivity contribution is 7.89. The number of fused-ring (bicyclic) bond motifs is 1. The Kier molecular flexibility index (Phi) is 8.98. The SMILES string of the molecule is C[C@H](CO)N1C[C@H](C)[C@H](CN(C)C(=O)Nc2ccccc2)Oc2cc(C#C[C@@H](C)O)ccc2S1(=O)=O. The van der Waals surface area contributed by atoms with Crippen molar-refractivity contribution in [3.63, 3.8) is 0 Å². The van der Waals surface area contributed by atoms with Gasteiger partial charge in [0.1, 0.15) is 22.9 Å². The number of ether oxygens (including phenoxy) is 1. The van der Waals surface area contributed by atoms with E-state index in [9.17, 15) is 23.4 Å². The molecule has 3 rings (SSSR count). The molecule has 1 aliphatic heterocycles. The average Bonchev–Trinajstić information content (AvgIpc) is 2.84. The zero-order valence-corrected chi connectivity index (χ0v) is 21.7. The second-order valence-electron chi connectivity index (χ2n) is 9.02. The third kappa shape index (κ3) is 6.56. The normalized spacial score (nSPS) is 20.8. The van der Waals surface area contributed by atoms with Crippen LogP contribution < -0.4 is 10.1 Å². The Balaban J connectivity index is 1.96. The molecular weight excluding hydrogens is 482 g/mol. The van der Waals surface area contributed by atoms with Crippen LogP contribution in [0.4, 0.5) is 10.5 Å². The zero-order valence-electron chi connectivity index (χ0n) is 20.9. The first-order chi connectivity index (χ1) is 17.0. The summed E-state index contributed by atoms with van der Waals surface area (Å²) in [6.07, 6.45) is -1.40. The van der Waals surface area contributed by atoms with E-state index in [1.165, 1.54) is 28.3 Å². The predicted molar refractivity (Wildman–Crippen MR) is 137 cm³/mol. The van der Waals surface area contributed by atoms with Gasteiger partial charge in [0.2, 0.25) is 10.0 Å². The number of carbonyl (C=O) groups is 1. The number of rotatable bonds is 5. The van der Waals surface area contributed by atoms with Gasteiger partial charge in [0, 0.05) is 36.8 Å². The van der Waals surface area contributed by atoms with Crippen LogP contribution in [0.2, 0.25) is 0 Å². The summed E-state index contributed by atoms with van der Waals surface area (Å²) in [7, 11) is -2.34. The molecule has 1 aliphatic rings. The molecule has 0 saturated carbocycles. The van der Waals surface area contributed by atoms with Crippen LogP contribution in [-0.4, -0.2) is 78.9 Å². The van der Waals surface area contributed by atoms with E-state index in [2.05, 4.69) is 17.2 Å². The van der Waals surface area contributed by atoms with Crippen LogP contribution in [0.15, 0.2) is 53.4 Å². The molecule has 1 heterocycles. The molecule has 4 atom stereocenters. The van der Waals surface area contributed by atoms with Crippen molar-refractivity contribution in [2.75, 3.05) is 32.1 Å². The minimum absolute atomic E-state index is 0.0429. The molecule has 0 unspecified atom stereocenters. The van der Waals surface area contributed by atoms with Crippen LogP contribution in [0.25, 0.3) is 0 Å². The number of nitrogens with one attached hydrogen (secondary N) is 1. The summed E-state index contributed by atoms with van der Waals surface area (Å²) in [5, 5.41) is 22.1. The number of nitrogens with zero attached hydrogens (tertiary/aromatic N) is 2. The van der Waals surface area contributed by atoms with Crippen molar-refractivity contribution in [3.8, 4) is 17.6 Å². The van der Waals surface area contributed by atoms with E-state index in [0.717, 1.165) is 0 Å². The molecule has 0 saturated heterocycles. The molecular formula is C26H33N3O6S. The summed E-state index contributed by atoms with van der Waals surface area (Å²) in [6.45, 7) is 4.97. The van der Waals surface area contributed by atoms with Gasteiger partial charge >= 0.3 is 6.03 Å². The van der Waals surface area contributed by atoms with Gasteiger partial charge in [-0.05, 0) is 44.2 Å². The van der Waals surface area contributed by atoms with Crippen LogP contribution in [-0.2, 0) is 10.0 Å². The number of hydrogen-bond acceptors (Lipinski definition) is 6. The number of anilines is 1. The number of aliphatic hydroxyl groups is 2. The molecule has 194 valence electrons. The molecule has 2 aromatic rings. The maximum Gasteiger partial charge on any atom is 0.321 e. The molecule has 2 aromatic carbocycles. The first kappa shape index (κ1) is 27.5. The van der Waals surface area contributed by atoms with Gasteiger partial charge < -0.3 is 25.2 Å². The van der Waals surface area contributed by atoms with Gasteiger partial charge in [-0.2, -0.15) is 4.31 Å². The molecule has 0 spiro atoms. The fourth-order valence-corrected chi connectivity index (χ4v) is 5.63. The van der Waals surface area contributed by atoms with Crippen molar-refractivity contribution in [1.82, 2.24) is 9.21 Å². The molecule has 0 radical (unpaired) electrons. The van der Waals surface area contributed by atoms with Crippen LogP contribution in [0.3, 0.4) is 0 Å². The summed E-state index contributed by atoms with van der Waals surface area (Å²) in [4.78, 5) is 14.2. The molecule has 10 heteroatoms. The number of aliphatic hydroxyl groups excluding tert-OH is 2. The van der Waals surface area contributed by atoms with E-state index in [0.29, 0.717) is 11.3 Å². The van der Waals surface area contributed by atoms with Gasteiger partial charge in [-0.25, -0.2) is 13.2 Å². The predicted octanol–water partition coefficient (Wildman–Crippen LogP) is 2.35. The smallest absolute Gasteiger partial charge is 0.321 e. The molecule has 0 aromatic heterocycles. The molecule has 0 fully saturated rings. The number of hydrogen-bond donors (Lipinski definition) is 3. The standard InChI is InChI=1S/C26H33N3O6S/c1-18-15-29(19(2)17-30)36(33,34)25-13-12-21(11-10-20(3)31)14-23(25)35-24(18)16-28(4)26(32)27-22-8-6-5-7-9-22/h5-9,12-14,18-20,24,30-31H,15-17H2,1-4H3,(H,27,32)/t18-,19+,20+,24-/m0/s1. The second-order valence-corrected chi connectivity index (χ2v) is 10.9. The summed E-state index contributed by atoms with van der Waals surface area (Å²) in [5.41, 5.74) is 1.13. The first-order valence-corrected chi connectivity index (χ1v) is 13.2. The molecule has 9 nitrogen and oxygen atoms in total. The van der Waals surface area contributed by atoms with E-state index in [-0.39, 0.29) is 42.3 Å². The molecule has 3 N–H and O–H groups in total. The number of likely N-dealkylation sites (N-methyl/N-ethyl adjacent to an activating group) is 1. The van der Waals surface area contributed by atoms with E-state index in [4.69, 9.17) is 4.74 Å². The maximum absolute atomic E-state index is 13.5. The van der Waals surface area contributed by atoms with E-state index in [1.54, 1.807) is 32.2 Å². The summed E-state index contributed by atoms with van der Waals surface area (Å²) in [5.74, 6) is 5.24. The summed E-state index contributed by atoms with van der Waals surface area (Å²) >= 11 is 0. The van der Waals surface area contributed by atoms with Gasteiger partial charge in [0.15, 0.2) is 0 Å². The zero-order chi connectivity index (χ0) is 26.5. The van der Waals surface area contributed by atoms with Crippen molar-refractivity contribution in [2.24, 2.45) is 5.92 Å². The van der Waals surface area contributed by atoms with Crippen LogP contribution in [0.1, 0.15) is 26.3 Å². The highest BCUT2D eigenvalue weighted by atomic mass is 32.2. The Morgan fingerprint density at radius 2 is 1.94 bits per heavy atom. The number of carbonyl (C=O) groups excluding carboxylic acids is 1. The lowest BCUT2D eigenvalue weighted by atomic mass is 10.0. The number of para-hydroxylation sites is 1. The van der Waals surface area contributed by atoms with Crippen molar-refractivity contribution in [1.29, 1.82) is 0 Å². The highest BCUT2D eigenvalue weighted by Crippen LogP contribution is 2.34. The summed E-state index contributed by atoms with van der Waals surface area (Å²) in [6, 6.07) is 12.6. The topological polar surface area (TPSA) is 119 Å². The van der Waals surface area contributed by atoms with Crippen molar-refractivity contribution >= 4 is 21.7 Å². The van der Waals surface area contributed by atoms with Crippen LogP contribution in [0.5, 0.6) is 5.75 Å². The largest absolute Gasteiger partial charge is 0.487 e. The van der Waals surface area contributed by atoms with E-state index in [1.807, 2.05) is 25.1 Å². The van der Waals surface area contributed by atoms with Crippen LogP contribution in [0, 0.1) is 17.8 Å². The lowest BCUT2D eigenvalue weighted by molar-refractivity contribution is 0.0830. The van der Waals surface area contributed by atoms with Gasteiger partial charge in [-0.1, -0.05) is 37.0 Å². The quantitative estimate of drug-likeness (QED) is 0.526. The Bertz CT molecular complexity index is 1220. The van der Waals surface area contributed by atoms with E-state index < -0.39 is 28.3 Å². The van der Waals surface area contributed by atoms with Gasteiger partial charge in [-0.3, -0.25) is 0 Å². The molecule has 0 aliphatic carbocycles. The lowest BCUT2D eigenvalue weighted by Crippen LogP contribution is -2.50. The van der Waals surface area contributed by atoms with Crippen LogP contribution >= 0.6 is 0 Å². The lowest BCUT2D eigenvalue weighted by Gasteiger charge is -2.37. The Morgan fingerprint density at radius 3 is 2.58 bits per heavy atom. The van der Waals surface area contributed by atoms with Crippen molar-refractivity contribution in [3.05, 3.63) is 54.1 Å². The van der Waals surface area contributed by atoms with E-state index >= 15 is 0 Å². The Morgan fingerprint density at radius 1 is 1.25 bits per heavy atom. The maximum atomic E-state index is 13.5. The first-order valence-electron chi connectivity index (χ1n) is 11.7. The fraction of sp³-hybridized carbons (Fsp3) is 0.423. The molecule has 2 amide bonds. The highest BCUT2D eigenvalue weighted by Gasteiger charge is 2.38. The number of sulfonamides is 1. The van der Waals surface area contributed by atoms with Gasteiger partial charge in [-0.15, -0.1) is 0 Å². The van der Waals surface area contributed by atoms with Gasteiger partial charge in [0.25, 0.3) is 0 Å². The second kappa shape index (κ2) is 11.8. The third-order valence-corrected chi connectivity index (χ3v) is 7.94. The molecule has 36 heavy (non-hydrogen) atoms.